The van der Waals surface area contributed by atoms with Gasteiger partial charge in [-0.2, -0.15) is 18.3 Å². The molecule has 2 atom stereocenters. The predicted octanol–water partition coefficient (Wildman–Crippen LogP) is 2.03. The smallest absolute Gasteiger partial charge is 0.306 e. The van der Waals surface area contributed by atoms with Crippen LogP contribution in [0.15, 0.2) is 6.33 Å². The van der Waals surface area contributed by atoms with Gasteiger partial charge in [0, 0.05) is 13.1 Å². The molecule has 1 aliphatic rings. The zero-order valence-corrected chi connectivity index (χ0v) is 10.2. The van der Waals surface area contributed by atoms with Crippen molar-refractivity contribution in [3.8, 4) is 0 Å². The highest BCUT2D eigenvalue weighted by Gasteiger charge is 2.45. The predicted molar refractivity (Wildman–Crippen MR) is 59.6 cm³/mol. The number of alkyl halides is 3. The second kappa shape index (κ2) is 5.26. The maximum atomic E-state index is 12.8. The van der Waals surface area contributed by atoms with Gasteiger partial charge in [0.2, 0.25) is 0 Å². The van der Waals surface area contributed by atoms with Crippen molar-refractivity contribution >= 4 is 0 Å². The van der Waals surface area contributed by atoms with Crippen LogP contribution in [-0.2, 0) is 13.6 Å². The van der Waals surface area contributed by atoms with Crippen molar-refractivity contribution in [1.29, 1.82) is 0 Å². The lowest BCUT2D eigenvalue weighted by Gasteiger charge is -2.33. The van der Waals surface area contributed by atoms with Crippen molar-refractivity contribution in [2.75, 3.05) is 0 Å². The van der Waals surface area contributed by atoms with Crippen molar-refractivity contribution in [2.24, 2.45) is 13.0 Å². The lowest BCUT2D eigenvalue weighted by atomic mass is 9.84. The van der Waals surface area contributed by atoms with Gasteiger partial charge in [-0.25, -0.2) is 4.98 Å². The molecule has 0 radical (unpaired) electrons. The van der Waals surface area contributed by atoms with E-state index in [2.05, 4.69) is 15.4 Å². The fourth-order valence-corrected chi connectivity index (χ4v) is 2.45. The van der Waals surface area contributed by atoms with Crippen molar-refractivity contribution in [3.63, 3.8) is 0 Å². The zero-order chi connectivity index (χ0) is 13.2. The SMILES string of the molecule is Cn1cnc(CNC2CCCCC2C(F)(F)F)n1. The number of aromatic nitrogens is 3. The number of nitrogens with one attached hydrogen (secondary N) is 1. The third-order valence-corrected chi connectivity index (χ3v) is 3.36. The first-order valence-corrected chi connectivity index (χ1v) is 6.11. The van der Waals surface area contributed by atoms with Gasteiger partial charge in [0.15, 0.2) is 5.82 Å². The van der Waals surface area contributed by atoms with E-state index in [9.17, 15) is 13.2 Å². The summed E-state index contributed by atoms with van der Waals surface area (Å²) in [7, 11) is 1.73. The Morgan fingerprint density at radius 1 is 1.39 bits per heavy atom. The van der Waals surface area contributed by atoms with Crippen molar-refractivity contribution < 1.29 is 13.2 Å². The zero-order valence-electron chi connectivity index (χ0n) is 10.2. The summed E-state index contributed by atoms with van der Waals surface area (Å²) in [5.74, 6) is -0.709. The second-order valence-corrected chi connectivity index (χ2v) is 4.75. The Morgan fingerprint density at radius 3 is 2.72 bits per heavy atom. The summed E-state index contributed by atoms with van der Waals surface area (Å²) in [6.07, 6.45) is -0.285. The molecule has 0 bridgehead atoms. The summed E-state index contributed by atoms with van der Waals surface area (Å²) in [5, 5.41) is 6.99. The lowest BCUT2D eigenvalue weighted by Crippen LogP contribution is -2.45. The molecule has 0 aromatic carbocycles. The normalized spacial score (nSPS) is 25.3. The molecule has 7 heteroatoms. The molecule has 1 aromatic rings. The molecule has 0 spiro atoms. The molecule has 1 aromatic heterocycles. The first kappa shape index (κ1) is 13.3. The average Bonchev–Trinajstić information content (AvgIpc) is 2.72. The van der Waals surface area contributed by atoms with Crippen LogP contribution in [0.2, 0.25) is 0 Å². The van der Waals surface area contributed by atoms with Gasteiger partial charge in [-0.15, -0.1) is 0 Å². The standard InChI is InChI=1S/C11H17F3N4/c1-18-7-16-10(17-18)6-15-9-5-3-2-4-8(9)11(12,13)14/h7-9,15H,2-6H2,1H3. The number of hydrogen-bond acceptors (Lipinski definition) is 3. The highest BCUT2D eigenvalue weighted by atomic mass is 19.4. The second-order valence-electron chi connectivity index (χ2n) is 4.75. The Hall–Kier alpha value is -1.11. The van der Waals surface area contributed by atoms with E-state index in [0.29, 0.717) is 18.7 Å². The Labute approximate surface area is 104 Å². The van der Waals surface area contributed by atoms with E-state index >= 15 is 0 Å². The van der Waals surface area contributed by atoms with Crippen LogP contribution >= 0.6 is 0 Å². The van der Waals surface area contributed by atoms with Gasteiger partial charge in [-0.1, -0.05) is 12.8 Å². The number of aryl methyl sites for hydroxylation is 1. The number of rotatable bonds is 3. The van der Waals surface area contributed by atoms with Crippen LogP contribution in [0.25, 0.3) is 0 Å². The average molecular weight is 262 g/mol. The van der Waals surface area contributed by atoms with Crippen LogP contribution in [0.5, 0.6) is 0 Å². The van der Waals surface area contributed by atoms with Gasteiger partial charge in [0.25, 0.3) is 0 Å². The van der Waals surface area contributed by atoms with Crippen molar-refractivity contribution in [1.82, 2.24) is 20.1 Å². The summed E-state index contributed by atoms with van der Waals surface area (Å²) >= 11 is 0. The monoisotopic (exact) mass is 262 g/mol. The topological polar surface area (TPSA) is 42.7 Å². The summed E-state index contributed by atoms with van der Waals surface area (Å²) in [6.45, 7) is 0.290. The summed E-state index contributed by atoms with van der Waals surface area (Å²) in [6, 6.07) is -0.512. The van der Waals surface area contributed by atoms with Crippen molar-refractivity contribution in [2.45, 2.75) is 44.4 Å². The fourth-order valence-electron chi connectivity index (χ4n) is 2.45. The molecular weight excluding hydrogens is 245 g/mol. The Morgan fingerprint density at radius 2 is 2.11 bits per heavy atom. The van der Waals surface area contributed by atoms with Gasteiger partial charge < -0.3 is 5.32 Å². The van der Waals surface area contributed by atoms with Crippen molar-refractivity contribution in [3.05, 3.63) is 12.2 Å². The van der Waals surface area contributed by atoms with Crippen LogP contribution in [-0.4, -0.2) is 27.0 Å². The first-order chi connectivity index (χ1) is 8.47. The van der Waals surface area contributed by atoms with Gasteiger partial charge in [-0.05, 0) is 12.8 Å². The van der Waals surface area contributed by atoms with E-state index in [1.807, 2.05) is 0 Å². The van der Waals surface area contributed by atoms with Crippen LogP contribution in [0, 0.1) is 5.92 Å². The minimum Gasteiger partial charge on any atom is -0.306 e. The molecule has 2 unspecified atom stereocenters. The molecule has 4 nitrogen and oxygen atoms in total. The fraction of sp³-hybridized carbons (Fsp3) is 0.818. The highest BCUT2D eigenvalue weighted by Crippen LogP contribution is 2.37. The number of hydrogen-bond donors (Lipinski definition) is 1. The first-order valence-electron chi connectivity index (χ1n) is 6.11. The Kier molecular flexibility index (Phi) is 3.89. The molecule has 102 valence electrons. The molecule has 2 rings (SSSR count). The molecule has 0 amide bonds. The Balaban J connectivity index is 1.93. The highest BCUT2D eigenvalue weighted by molar-refractivity contribution is 4.88. The number of nitrogens with zero attached hydrogens (tertiary/aromatic N) is 3. The summed E-state index contributed by atoms with van der Waals surface area (Å²) < 4.78 is 40.1. The van der Waals surface area contributed by atoms with Crippen LogP contribution in [0.1, 0.15) is 31.5 Å². The summed E-state index contributed by atoms with van der Waals surface area (Å²) in [5.41, 5.74) is 0. The van der Waals surface area contributed by atoms with E-state index in [4.69, 9.17) is 0 Å². The largest absolute Gasteiger partial charge is 0.393 e. The van der Waals surface area contributed by atoms with E-state index in [-0.39, 0.29) is 13.0 Å². The molecular formula is C11H17F3N4. The maximum Gasteiger partial charge on any atom is 0.393 e. The molecule has 1 N–H and O–H groups in total. The summed E-state index contributed by atoms with van der Waals surface area (Å²) in [4.78, 5) is 4.00. The van der Waals surface area contributed by atoms with Crippen LogP contribution < -0.4 is 5.32 Å². The van der Waals surface area contributed by atoms with Gasteiger partial charge in [0.1, 0.15) is 6.33 Å². The van der Waals surface area contributed by atoms with E-state index in [1.54, 1.807) is 18.1 Å². The molecule has 1 saturated carbocycles. The minimum absolute atomic E-state index is 0.219. The quantitative estimate of drug-likeness (QED) is 0.906. The maximum absolute atomic E-state index is 12.8. The number of halogens is 3. The molecule has 1 aliphatic carbocycles. The van der Waals surface area contributed by atoms with Gasteiger partial charge >= 0.3 is 6.18 Å². The van der Waals surface area contributed by atoms with E-state index in [1.165, 1.54) is 0 Å². The van der Waals surface area contributed by atoms with E-state index in [0.717, 1.165) is 6.42 Å². The molecule has 1 fully saturated rings. The molecule has 0 saturated heterocycles. The molecule has 0 aliphatic heterocycles. The van der Waals surface area contributed by atoms with Crippen LogP contribution in [0.3, 0.4) is 0 Å². The van der Waals surface area contributed by atoms with Gasteiger partial charge in [-0.3, -0.25) is 4.68 Å². The van der Waals surface area contributed by atoms with E-state index < -0.39 is 18.1 Å². The molecule has 1 heterocycles. The van der Waals surface area contributed by atoms with Gasteiger partial charge in [0.05, 0.1) is 12.5 Å². The Bertz CT molecular complexity index is 388. The third-order valence-electron chi connectivity index (χ3n) is 3.36. The third kappa shape index (κ3) is 3.22. The van der Waals surface area contributed by atoms with Crippen LogP contribution in [0.4, 0.5) is 13.2 Å². The molecule has 18 heavy (non-hydrogen) atoms. The lowest BCUT2D eigenvalue weighted by molar-refractivity contribution is -0.189. The minimum atomic E-state index is -4.12.